The molecule has 1 aliphatic rings. The Hall–Kier alpha value is -0.930. The van der Waals surface area contributed by atoms with Crippen LogP contribution >= 0.6 is 11.6 Å². The topological polar surface area (TPSA) is 38.5 Å². The predicted molar refractivity (Wildman–Crippen MR) is 68.1 cm³/mol. The molecule has 0 unspecified atom stereocenters. The molecular formula is C12H17ClN2O. The Morgan fingerprint density at radius 1 is 1.50 bits per heavy atom. The molecule has 0 heterocycles. The summed E-state index contributed by atoms with van der Waals surface area (Å²) in [6.45, 7) is 1.58. The predicted octanol–water partition coefficient (Wildman–Crippen LogP) is 2.54. The molecule has 88 valence electrons. The minimum absolute atomic E-state index is 0.607. The van der Waals surface area contributed by atoms with E-state index in [1.807, 2.05) is 18.2 Å². The van der Waals surface area contributed by atoms with Gasteiger partial charge in [0.05, 0.1) is 18.0 Å². The van der Waals surface area contributed by atoms with Crippen molar-refractivity contribution < 1.29 is 4.74 Å². The smallest absolute Gasteiger partial charge is 0.0637 e. The molecule has 1 fully saturated rings. The molecule has 0 atom stereocenters. The van der Waals surface area contributed by atoms with Crippen molar-refractivity contribution in [1.29, 1.82) is 0 Å². The Balaban J connectivity index is 2.19. The monoisotopic (exact) mass is 240 g/mol. The number of hydrogen-bond acceptors (Lipinski definition) is 3. The lowest BCUT2D eigenvalue weighted by molar-refractivity contribution is 0.205. The van der Waals surface area contributed by atoms with Crippen LogP contribution in [-0.4, -0.2) is 26.3 Å². The minimum atomic E-state index is 0.607. The maximum Gasteiger partial charge on any atom is 0.0637 e. The van der Waals surface area contributed by atoms with E-state index in [0.29, 0.717) is 12.6 Å². The van der Waals surface area contributed by atoms with Gasteiger partial charge in [0.1, 0.15) is 0 Å². The highest BCUT2D eigenvalue weighted by atomic mass is 35.5. The highest BCUT2D eigenvalue weighted by Crippen LogP contribution is 2.35. The van der Waals surface area contributed by atoms with E-state index in [9.17, 15) is 0 Å². The zero-order valence-electron chi connectivity index (χ0n) is 9.45. The van der Waals surface area contributed by atoms with Gasteiger partial charge in [-0.1, -0.05) is 11.6 Å². The first kappa shape index (κ1) is 11.6. The van der Waals surface area contributed by atoms with Gasteiger partial charge in [-0.3, -0.25) is 0 Å². The summed E-state index contributed by atoms with van der Waals surface area (Å²) in [5.74, 6) is 0. The van der Waals surface area contributed by atoms with Gasteiger partial charge in [-0.2, -0.15) is 0 Å². The standard InChI is InChI=1S/C12H17ClN2O/c1-16-7-6-15(10-3-4-10)12-8-9(13)2-5-11(12)14/h2,5,8,10H,3-4,6-7,14H2,1H3. The highest BCUT2D eigenvalue weighted by Gasteiger charge is 2.29. The summed E-state index contributed by atoms with van der Waals surface area (Å²) in [7, 11) is 1.71. The van der Waals surface area contributed by atoms with Gasteiger partial charge in [-0.05, 0) is 31.0 Å². The Bertz CT molecular complexity index is 366. The molecule has 3 nitrogen and oxygen atoms in total. The molecule has 2 rings (SSSR count). The molecule has 1 saturated carbocycles. The Kier molecular flexibility index (Phi) is 3.56. The summed E-state index contributed by atoms with van der Waals surface area (Å²) >= 11 is 6.01. The maximum atomic E-state index is 6.01. The summed E-state index contributed by atoms with van der Waals surface area (Å²) in [5.41, 5.74) is 7.81. The number of anilines is 2. The number of rotatable bonds is 5. The zero-order chi connectivity index (χ0) is 11.5. The molecule has 2 N–H and O–H groups in total. The van der Waals surface area contributed by atoms with Crippen molar-refractivity contribution in [2.75, 3.05) is 30.9 Å². The molecule has 1 aromatic carbocycles. The van der Waals surface area contributed by atoms with Gasteiger partial charge in [-0.25, -0.2) is 0 Å². The van der Waals surface area contributed by atoms with Crippen LogP contribution in [0.15, 0.2) is 18.2 Å². The number of benzene rings is 1. The minimum Gasteiger partial charge on any atom is -0.397 e. The van der Waals surface area contributed by atoms with E-state index >= 15 is 0 Å². The van der Waals surface area contributed by atoms with Gasteiger partial charge in [0, 0.05) is 24.7 Å². The molecule has 0 bridgehead atoms. The maximum absolute atomic E-state index is 6.01. The quantitative estimate of drug-likeness (QED) is 0.804. The molecule has 0 spiro atoms. The van der Waals surface area contributed by atoms with Gasteiger partial charge >= 0.3 is 0 Å². The van der Waals surface area contributed by atoms with Crippen molar-refractivity contribution in [2.24, 2.45) is 0 Å². The Labute approximate surface area is 101 Å². The van der Waals surface area contributed by atoms with Crippen LogP contribution in [0.2, 0.25) is 5.02 Å². The van der Waals surface area contributed by atoms with E-state index in [2.05, 4.69) is 4.90 Å². The van der Waals surface area contributed by atoms with Crippen LogP contribution in [0.25, 0.3) is 0 Å². The lowest BCUT2D eigenvalue weighted by Crippen LogP contribution is -2.30. The normalized spacial score (nSPS) is 15.1. The van der Waals surface area contributed by atoms with E-state index in [0.717, 1.165) is 22.9 Å². The van der Waals surface area contributed by atoms with Crippen LogP contribution in [0.3, 0.4) is 0 Å². The lowest BCUT2D eigenvalue weighted by atomic mass is 10.2. The molecule has 4 heteroatoms. The first-order valence-corrected chi connectivity index (χ1v) is 5.91. The van der Waals surface area contributed by atoms with E-state index in [1.165, 1.54) is 12.8 Å². The van der Waals surface area contributed by atoms with Gasteiger partial charge in [0.25, 0.3) is 0 Å². The van der Waals surface area contributed by atoms with Crippen LogP contribution < -0.4 is 10.6 Å². The van der Waals surface area contributed by atoms with E-state index in [1.54, 1.807) is 7.11 Å². The molecule has 1 aliphatic carbocycles. The fourth-order valence-corrected chi connectivity index (χ4v) is 2.01. The van der Waals surface area contributed by atoms with Crippen LogP contribution in [0.1, 0.15) is 12.8 Å². The van der Waals surface area contributed by atoms with Crippen molar-refractivity contribution in [3.05, 3.63) is 23.2 Å². The van der Waals surface area contributed by atoms with E-state index in [4.69, 9.17) is 22.1 Å². The average molecular weight is 241 g/mol. The van der Waals surface area contributed by atoms with Crippen molar-refractivity contribution in [2.45, 2.75) is 18.9 Å². The fourth-order valence-electron chi connectivity index (χ4n) is 1.84. The molecular weight excluding hydrogens is 224 g/mol. The average Bonchev–Trinajstić information content (AvgIpc) is 3.08. The van der Waals surface area contributed by atoms with Gasteiger partial charge in [0.15, 0.2) is 0 Å². The molecule has 0 aromatic heterocycles. The second kappa shape index (κ2) is 4.93. The van der Waals surface area contributed by atoms with E-state index in [-0.39, 0.29) is 0 Å². The number of hydrogen-bond donors (Lipinski definition) is 1. The fraction of sp³-hybridized carbons (Fsp3) is 0.500. The molecule has 1 aromatic rings. The lowest BCUT2D eigenvalue weighted by Gasteiger charge is -2.25. The number of nitrogen functional groups attached to an aromatic ring is 1. The van der Waals surface area contributed by atoms with Crippen LogP contribution in [0.5, 0.6) is 0 Å². The third-order valence-corrected chi connectivity index (χ3v) is 3.06. The Morgan fingerprint density at radius 2 is 2.25 bits per heavy atom. The third kappa shape index (κ3) is 2.60. The largest absolute Gasteiger partial charge is 0.397 e. The number of nitrogens with zero attached hydrogens (tertiary/aromatic N) is 1. The van der Waals surface area contributed by atoms with Gasteiger partial charge in [-0.15, -0.1) is 0 Å². The molecule has 0 radical (unpaired) electrons. The van der Waals surface area contributed by atoms with Crippen molar-refractivity contribution in [3.8, 4) is 0 Å². The number of ether oxygens (including phenoxy) is 1. The summed E-state index contributed by atoms with van der Waals surface area (Å²) < 4.78 is 5.13. The zero-order valence-corrected chi connectivity index (χ0v) is 10.2. The van der Waals surface area contributed by atoms with Gasteiger partial charge < -0.3 is 15.4 Å². The van der Waals surface area contributed by atoms with Crippen molar-refractivity contribution in [3.63, 3.8) is 0 Å². The summed E-state index contributed by atoms with van der Waals surface area (Å²) in [6, 6.07) is 6.22. The Morgan fingerprint density at radius 3 is 2.88 bits per heavy atom. The first-order chi connectivity index (χ1) is 7.72. The van der Waals surface area contributed by atoms with Crippen molar-refractivity contribution in [1.82, 2.24) is 0 Å². The summed E-state index contributed by atoms with van der Waals surface area (Å²) in [4.78, 5) is 2.30. The third-order valence-electron chi connectivity index (χ3n) is 2.83. The molecule has 16 heavy (non-hydrogen) atoms. The molecule has 0 saturated heterocycles. The SMILES string of the molecule is COCCN(c1cc(Cl)ccc1N)C1CC1. The highest BCUT2D eigenvalue weighted by molar-refractivity contribution is 6.31. The second-order valence-corrected chi connectivity index (χ2v) is 4.56. The number of nitrogens with two attached hydrogens (primary N) is 1. The molecule has 0 amide bonds. The summed E-state index contributed by atoms with van der Waals surface area (Å²) in [6.07, 6.45) is 2.46. The van der Waals surface area contributed by atoms with Crippen LogP contribution in [0.4, 0.5) is 11.4 Å². The summed E-state index contributed by atoms with van der Waals surface area (Å²) in [5, 5.41) is 0.729. The van der Waals surface area contributed by atoms with Crippen LogP contribution in [0, 0.1) is 0 Å². The second-order valence-electron chi connectivity index (χ2n) is 4.12. The van der Waals surface area contributed by atoms with E-state index < -0.39 is 0 Å². The van der Waals surface area contributed by atoms with Gasteiger partial charge in [0.2, 0.25) is 0 Å². The molecule has 0 aliphatic heterocycles. The number of methoxy groups -OCH3 is 1. The van der Waals surface area contributed by atoms with Crippen LogP contribution in [-0.2, 0) is 4.74 Å². The van der Waals surface area contributed by atoms with Crippen molar-refractivity contribution >= 4 is 23.0 Å². The number of halogens is 1. The first-order valence-electron chi connectivity index (χ1n) is 5.53.